The van der Waals surface area contributed by atoms with Gasteiger partial charge in [0.1, 0.15) is 0 Å². The van der Waals surface area contributed by atoms with Crippen LogP contribution in [0.1, 0.15) is 54.3 Å². The first kappa shape index (κ1) is 17.4. The van der Waals surface area contributed by atoms with E-state index in [4.69, 9.17) is 0 Å². The zero-order valence-electron chi connectivity index (χ0n) is 15.0. The molecule has 3 amide bonds. The van der Waals surface area contributed by atoms with E-state index < -0.39 is 0 Å². The minimum Gasteiger partial charge on any atom is -0.339 e. The Kier molecular flexibility index (Phi) is 4.50. The van der Waals surface area contributed by atoms with Gasteiger partial charge in [-0.3, -0.25) is 19.3 Å². The Labute approximate surface area is 148 Å². The van der Waals surface area contributed by atoms with E-state index in [2.05, 4.69) is 26.8 Å². The van der Waals surface area contributed by atoms with Gasteiger partial charge in [0.25, 0.3) is 11.8 Å². The standard InChI is InChI=1S/C20H24N2O3/c1-20(2,3)14-8-11-21(12-9-14)17(23)10-13-22-18(24)15-6-4-5-7-16(15)19(22)25/h4-8H,9-13H2,1-3H3. The SMILES string of the molecule is CC(C)(C)C1=CCN(C(=O)CCN2C(=O)c3ccccc3C2=O)CC1. The van der Waals surface area contributed by atoms with E-state index >= 15 is 0 Å². The second kappa shape index (κ2) is 6.47. The van der Waals surface area contributed by atoms with Crippen LogP contribution in [0.15, 0.2) is 35.9 Å². The van der Waals surface area contributed by atoms with Crippen LogP contribution in [0.25, 0.3) is 0 Å². The zero-order valence-corrected chi connectivity index (χ0v) is 15.0. The molecule has 2 aliphatic rings. The summed E-state index contributed by atoms with van der Waals surface area (Å²) in [4.78, 5) is 40.1. The van der Waals surface area contributed by atoms with Gasteiger partial charge in [0.15, 0.2) is 0 Å². The Morgan fingerprint density at radius 3 is 2.16 bits per heavy atom. The van der Waals surface area contributed by atoms with Gasteiger partial charge < -0.3 is 4.90 Å². The van der Waals surface area contributed by atoms with Gasteiger partial charge in [-0.15, -0.1) is 0 Å². The second-order valence-corrected chi connectivity index (χ2v) is 7.63. The van der Waals surface area contributed by atoms with Gasteiger partial charge in [0.2, 0.25) is 5.91 Å². The number of rotatable bonds is 3. The van der Waals surface area contributed by atoms with Gasteiger partial charge >= 0.3 is 0 Å². The fraction of sp³-hybridized carbons (Fsp3) is 0.450. The van der Waals surface area contributed by atoms with Crippen molar-refractivity contribution < 1.29 is 14.4 Å². The van der Waals surface area contributed by atoms with Crippen LogP contribution in [-0.2, 0) is 4.79 Å². The molecule has 5 nitrogen and oxygen atoms in total. The summed E-state index contributed by atoms with van der Waals surface area (Å²) in [6.45, 7) is 7.98. The molecule has 1 aromatic carbocycles. The summed E-state index contributed by atoms with van der Waals surface area (Å²) in [5.41, 5.74) is 2.36. The number of imide groups is 1. The largest absolute Gasteiger partial charge is 0.339 e. The maximum absolute atomic E-state index is 12.4. The van der Waals surface area contributed by atoms with E-state index in [9.17, 15) is 14.4 Å². The Morgan fingerprint density at radius 1 is 1.08 bits per heavy atom. The molecule has 0 spiro atoms. The number of hydrogen-bond donors (Lipinski definition) is 0. The number of benzene rings is 1. The van der Waals surface area contributed by atoms with E-state index in [1.807, 2.05) is 0 Å². The average molecular weight is 340 g/mol. The minimum atomic E-state index is -0.304. The zero-order chi connectivity index (χ0) is 18.2. The normalized spacial score (nSPS) is 17.6. The van der Waals surface area contributed by atoms with Crippen molar-refractivity contribution in [3.05, 3.63) is 47.0 Å². The van der Waals surface area contributed by atoms with Crippen molar-refractivity contribution in [1.29, 1.82) is 0 Å². The lowest BCUT2D eigenvalue weighted by atomic mass is 9.83. The first-order valence-electron chi connectivity index (χ1n) is 8.71. The highest BCUT2D eigenvalue weighted by atomic mass is 16.2. The molecular weight excluding hydrogens is 316 g/mol. The van der Waals surface area contributed by atoms with Crippen LogP contribution < -0.4 is 0 Å². The van der Waals surface area contributed by atoms with E-state index in [-0.39, 0.29) is 36.1 Å². The second-order valence-electron chi connectivity index (χ2n) is 7.63. The molecule has 0 saturated carbocycles. The van der Waals surface area contributed by atoms with Crippen molar-refractivity contribution in [2.24, 2.45) is 5.41 Å². The van der Waals surface area contributed by atoms with Crippen LogP contribution >= 0.6 is 0 Å². The molecule has 3 rings (SSSR count). The number of hydrogen-bond acceptors (Lipinski definition) is 3. The first-order valence-corrected chi connectivity index (χ1v) is 8.71. The highest BCUT2D eigenvalue weighted by molar-refractivity contribution is 6.21. The van der Waals surface area contributed by atoms with Gasteiger partial charge in [-0.05, 0) is 24.0 Å². The molecule has 5 heteroatoms. The van der Waals surface area contributed by atoms with Crippen LogP contribution in [0.3, 0.4) is 0 Å². The average Bonchev–Trinajstić information content (AvgIpc) is 2.83. The Balaban J connectivity index is 1.59. The Bertz CT molecular complexity index is 723. The van der Waals surface area contributed by atoms with Crippen molar-refractivity contribution >= 4 is 17.7 Å². The minimum absolute atomic E-state index is 0.0132. The fourth-order valence-electron chi connectivity index (χ4n) is 3.38. The summed E-state index contributed by atoms with van der Waals surface area (Å²) in [5.74, 6) is -0.621. The van der Waals surface area contributed by atoms with E-state index in [0.29, 0.717) is 24.2 Å². The monoisotopic (exact) mass is 340 g/mol. The molecule has 0 fully saturated rings. The molecule has 0 aromatic heterocycles. The number of nitrogens with zero attached hydrogens (tertiary/aromatic N) is 2. The van der Waals surface area contributed by atoms with Crippen molar-refractivity contribution in [3.63, 3.8) is 0 Å². The van der Waals surface area contributed by atoms with Crippen LogP contribution in [0.2, 0.25) is 0 Å². The molecule has 1 aromatic rings. The van der Waals surface area contributed by atoms with Gasteiger partial charge in [-0.2, -0.15) is 0 Å². The number of amides is 3. The molecule has 2 heterocycles. The van der Waals surface area contributed by atoms with Gasteiger partial charge in [0, 0.05) is 26.1 Å². The van der Waals surface area contributed by atoms with Crippen molar-refractivity contribution in [3.8, 4) is 0 Å². The topological polar surface area (TPSA) is 57.7 Å². The first-order chi connectivity index (χ1) is 11.8. The van der Waals surface area contributed by atoms with Crippen LogP contribution in [0, 0.1) is 5.41 Å². The summed E-state index contributed by atoms with van der Waals surface area (Å²) in [5, 5.41) is 0. The summed E-state index contributed by atoms with van der Waals surface area (Å²) in [7, 11) is 0. The smallest absolute Gasteiger partial charge is 0.261 e. The number of fused-ring (bicyclic) bond motifs is 1. The molecule has 0 bridgehead atoms. The predicted octanol–water partition coefficient (Wildman–Crippen LogP) is 2.88. The van der Waals surface area contributed by atoms with Crippen LogP contribution in [0.5, 0.6) is 0 Å². The molecule has 132 valence electrons. The van der Waals surface area contributed by atoms with Crippen molar-refractivity contribution in [2.75, 3.05) is 19.6 Å². The molecular formula is C20H24N2O3. The quantitative estimate of drug-likeness (QED) is 0.628. The summed E-state index contributed by atoms with van der Waals surface area (Å²) < 4.78 is 0. The number of carbonyl (C=O) groups is 3. The van der Waals surface area contributed by atoms with Gasteiger partial charge in [-0.25, -0.2) is 0 Å². The predicted molar refractivity (Wildman–Crippen MR) is 95.2 cm³/mol. The van der Waals surface area contributed by atoms with E-state index in [1.54, 1.807) is 29.2 Å². The maximum atomic E-state index is 12.4. The highest BCUT2D eigenvalue weighted by Crippen LogP contribution is 2.30. The van der Waals surface area contributed by atoms with Crippen molar-refractivity contribution in [2.45, 2.75) is 33.6 Å². The molecule has 0 aliphatic carbocycles. The Morgan fingerprint density at radius 2 is 1.68 bits per heavy atom. The third-order valence-electron chi connectivity index (χ3n) is 4.95. The lowest BCUT2D eigenvalue weighted by Crippen LogP contribution is -2.39. The fourth-order valence-corrected chi connectivity index (χ4v) is 3.38. The molecule has 0 N–H and O–H groups in total. The van der Waals surface area contributed by atoms with E-state index in [1.165, 1.54) is 10.5 Å². The van der Waals surface area contributed by atoms with Crippen molar-refractivity contribution in [1.82, 2.24) is 9.80 Å². The third-order valence-corrected chi connectivity index (χ3v) is 4.95. The molecule has 0 unspecified atom stereocenters. The van der Waals surface area contributed by atoms with Crippen LogP contribution in [0.4, 0.5) is 0 Å². The van der Waals surface area contributed by atoms with E-state index in [0.717, 1.165) is 6.42 Å². The molecule has 0 saturated heterocycles. The molecule has 0 atom stereocenters. The maximum Gasteiger partial charge on any atom is 0.261 e. The van der Waals surface area contributed by atoms with Crippen LogP contribution in [-0.4, -0.2) is 47.2 Å². The lowest BCUT2D eigenvalue weighted by molar-refractivity contribution is -0.131. The highest BCUT2D eigenvalue weighted by Gasteiger charge is 2.35. The molecule has 2 aliphatic heterocycles. The summed E-state index contributed by atoms with van der Waals surface area (Å²) >= 11 is 0. The number of carbonyl (C=O) groups excluding carboxylic acids is 3. The van der Waals surface area contributed by atoms with Gasteiger partial charge in [0.05, 0.1) is 11.1 Å². The molecule has 0 radical (unpaired) electrons. The summed E-state index contributed by atoms with van der Waals surface area (Å²) in [6, 6.07) is 6.79. The summed E-state index contributed by atoms with van der Waals surface area (Å²) in [6.07, 6.45) is 3.18. The lowest BCUT2D eigenvalue weighted by Gasteiger charge is -2.32. The van der Waals surface area contributed by atoms with Gasteiger partial charge in [-0.1, -0.05) is 44.6 Å². The Hall–Kier alpha value is -2.43. The third kappa shape index (κ3) is 3.36. The molecule has 25 heavy (non-hydrogen) atoms.